The van der Waals surface area contributed by atoms with E-state index in [9.17, 15) is 9.59 Å². The minimum absolute atomic E-state index is 0.0687. The van der Waals surface area contributed by atoms with Crippen molar-refractivity contribution in [3.8, 4) is 0 Å². The zero-order chi connectivity index (χ0) is 19.8. The van der Waals surface area contributed by atoms with Crippen molar-refractivity contribution in [1.82, 2.24) is 14.9 Å². The topological polar surface area (TPSA) is 66.1 Å². The summed E-state index contributed by atoms with van der Waals surface area (Å²) in [6.45, 7) is 7.81. The van der Waals surface area contributed by atoms with Crippen LogP contribution in [0, 0.1) is 25.7 Å². The SMILES string of the molecule is Cc1sc2nc(CSC(C)C(=O)N3CCC4CCCCC4C3)[nH]c(=O)c2c1C. The van der Waals surface area contributed by atoms with Crippen LogP contribution in [-0.2, 0) is 10.5 Å². The molecular weight excluding hydrogens is 390 g/mol. The number of nitrogens with one attached hydrogen (secondary N) is 1. The molecule has 1 aliphatic carbocycles. The van der Waals surface area contributed by atoms with Gasteiger partial charge >= 0.3 is 0 Å². The maximum absolute atomic E-state index is 12.9. The van der Waals surface area contributed by atoms with Gasteiger partial charge in [0.2, 0.25) is 5.91 Å². The van der Waals surface area contributed by atoms with E-state index in [1.165, 1.54) is 25.7 Å². The first-order valence-electron chi connectivity index (χ1n) is 10.3. The average molecular weight is 420 g/mol. The Hall–Kier alpha value is -1.34. The molecule has 28 heavy (non-hydrogen) atoms. The van der Waals surface area contributed by atoms with Gasteiger partial charge in [-0.1, -0.05) is 19.3 Å². The molecule has 0 aromatic carbocycles. The maximum atomic E-state index is 12.9. The number of thiophene rings is 1. The normalized spacial score (nSPS) is 23.6. The fourth-order valence-corrected chi connectivity index (χ4v) is 6.59. The Balaban J connectivity index is 1.38. The molecule has 1 N–H and O–H groups in total. The number of amides is 1. The number of aryl methyl sites for hydroxylation is 2. The van der Waals surface area contributed by atoms with Crippen molar-refractivity contribution in [2.24, 2.45) is 11.8 Å². The van der Waals surface area contributed by atoms with Gasteiger partial charge in [-0.25, -0.2) is 4.98 Å². The molecule has 1 aliphatic heterocycles. The maximum Gasteiger partial charge on any atom is 0.259 e. The van der Waals surface area contributed by atoms with Gasteiger partial charge in [0.15, 0.2) is 0 Å². The van der Waals surface area contributed by atoms with Crippen molar-refractivity contribution in [3.63, 3.8) is 0 Å². The number of hydrogen-bond donors (Lipinski definition) is 1. The summed E-state index contributed by atoms with van der Waals surface area (Å²) >= 11 is 3.13. The molecule has 2 aromatic rings. The number of aromatic nitrogens is 2. The molecule has 2 aliphatic rings. The lowest BCUT2D eigenvalue weighted by Gasteiger charge is -2.42. The second kappa shape index (κ2) is 8.19. The van der Waals surface area contributed by atoms with E-state index in [0.717, 1.165) is 40.7 Å². The van der Waals surface area contributed by atoms with Gasteiger partial charge in [-0.05, 0) is 51.0 Å². The Morgan fingerprint density at radius 1 is 1.29 bits per heavy atom. The third-order valence-electron chi connectivity index (χ3n) is 6.51. The number of hydrogen-bond acceptors (Lipinski definition) is 5. The minimum Gasteiger partial charge on any atom is -0.341 e. The molecule has 2 aromatic heterocycles. The van der Waals surface area contributed by atoms with Crippen LogP contribution in [0.5, 0.6) is 0 Å². The predicted molar refractivity (Wildman–Crippen MR) is 117 cm³/mol. The van der Waals surface area contributed by atoms with Gasteiger partial charge in [0.05, 0.1) is 16.4 Å². The highest BCUT2D eigenvalue weighted by Gasteiger charge is 2.34. The highest BCUT2D eigenvalue weighted by Crippen LogP contribution is 2.36. The summed E-state index contributed by atoms with van der Waals surface area (Å²) in [6, 6.07) is 0. The molecular formula is C21H29N3O2S2. The lowest BCUT2D eigenvalue weighted by molar-refractivity contribution is -0.133. The van der Waals surface area contributed by atoms with E-state index in [0.29, 0.717) is 22.9 Å². The monoisotopic (exact) mass is 419 g/mol. The lowest BCUT2D eigenvalue weighted by Crippen LogP contribution is -2.47. The molecule has 0 radical (unpaired) electrons. The van der Waals surface area contributed by atoms with Gasteiger partial charge in [0, 0.05) is 18.0 Å². The summed E-state index contributed by atoms with van der Waals surface area (Å²) in [5.41, 5.74) is 0.948. The smallest absolute Gasteiger partial charge is 0.259 e. The largest absolute Gasteiger partial charge is 0.341 e. The zero-order valence-corrected chi connectivity index (χ0v) is 18.5. The van der Waals surface area contributed by atoms with E-state index in [4.69, 9.17) is 0 Å². The number of carbonyl (C=O) groups excluding carboxylic acids is 1. The van der Waals surface area contributed by atoms with E-state index in [1.807, 2.05) is 20.8 Å². The molecule has 3 heterocycles. The first kappa shape index (κ1) is 20.0. The van der Waals surface area contributed by atoms with Crippen molar-refractivity contribution in [2.45, 2.75) is 63.9 Å². The van der Waals surface area contributed by atoms with E-state index in [-0.39, 0.29) is 16.7 Å². The Morgan fingerprint density at radius 2 is 2.04 bits per heavy atom. The van der Waals surface area contributed by atoms with Crippen LogP contribution in [0.4, 0.5) is 0 Å². The molecule has 4 rings (SSSR count). The van der Waals surface area contributed by atoms with Crippen molar-refractivity contribution < 1.29 is 4.79 Å². The first-order valence-corrected chi connectivity index (χ1v) is 12.2. The van der Waals surface area contributed by atoms with Crippen molar-refractivity contribution in [3.05, 3.63) is 26.6 Å². The van der Waals surface area contributed by atoms with E-state index >= 15 is 0 Å². The minimum atomic E-state index is -0.118. The lowest BCUT2D eigenvalue weighted by atomic mass is 9.75. The van der Waals surface area contributed by atoms with Gasteiger partial charge in [-0.2, -0.15) is 0 Å². The summed E-state index contributed by atoms with van der Waals surface area (Å²) in [7, 11) is 0. The van der Waals surface area contributed by atoms with Gasteiger partial charge in [-0.3, -0.25) is 9.59 Å². The number of carbonyl (C=O) groups is 1. The molecule has 5 nitrogen and oxygen atoms in total. The Morgan fingerprint density at radius 3 is 2.82 bits per heavy atom. The standard InChI is InChI=1S/C21H29N3O2S2/c1-12-13(2)28-20-18(12)19(25)22-17(23-20)11-27-14(3)21(26)24-9-8-15-6-4-5-7-16(15)10-24/h14-16H,4-11H2,1-3H3,(H,22,23,25). The molecule has 152 valence electrons. The summed E-state index contributed by atoms with van der Waals surface area (Å²) < 4.78 is 0. The number of aromatic amines is 1. The number of likely N-dealkylation sites (tertiary alicyclic amines) is 1. The molecule has 3 atom stereocenters. The molecule has 1 saturated carbocycles. The van der Waals surface area contributed by atoms with Crippen LogP contribution >= 0.6 is 23.1 Å². The second-order valence-corrected chi connectivity index (χ2v) is 10.8. The van der Waals surface area contributed by atoms with Crippen LogP contribution in [-0.4, -0.2) is 39.1 Å². The molecule has 3 unspecified atom stereocenters. The van der Waals surface area contributed by atoms with Crippen LogP contribution in [0.2, 0.25) is 0 Å². The molecule has 7 heteroatoms. The van der Waals surface area contributed by atoms with Gasteiger partial charge in [0.1, 0.15) is 10.7 Å². The second-order valence-electron chi connectivity index (χ2n) is 8.31. The summed E-state index contributed by atoms with van der Waals surface area (Å²) in [6.07, 6.45) is 6.47. The third-order valence-corrected chi connectivity index (χ3v) is 8.75. The fourth-order valence-electron chi connectivity index (χ4n) is 4.70. The van der Waals surface area contributed by atoms with Crippen LogP contribution < -0.4 is 5.56 Å². The summed E-state index contributed by atoms with van der Waals surface area (Å²) in [5.74, 6) is 2.98. The van der Waals surface area contributed by atoms with Crippen molar-refractivity contribution in [1.29, 1.82) is 0 Å². The number of nitrogens with zero attached hydrogens (tertiary/aromatic N) is 2. The fraction of sp³-hybridized carbons (Fsp3) is 0.667. The number of rotatable bonds is 4. The molecule has 0 spiro atoms. The molecule has 1 saturated heterocycles. The van der Waals surface area contributed by atoms with Crippen LogP contribution in [0.25, 0.3) is 10.2 Å². The Labute approximate surface area is 174 Å². The number of H-pyrrole nitrogens is 1. The Kier molecular flexibility index (Phi) is 5.83. The van der Waals surface area contributed by atoms with Gasteiger partial charge < -0.3 is 9.88 Å². The van der Waals surface area contributed by atoms with E-state index < -0.39 is 0 Å². The van der Waals surface area contributed by atoms with Crippen LogP contribution in [0.1, 0.15) is 55.3 Å². The number of piperidine rings is 1. The average Bonchev–Trinajstić information content (AvgIpc) is 2.99. The molecule has 0 bridgehead atoms. The van der Waals surface area contributed by atoms with Crippen LogP contribution in [0.3, 0.4) is 0 Å². The first-order chi connectivity index (χ1) is 13.4. The molecule has 1 amide bonds. The van der Waals surface area contributed by atoms with E-state index in [1.54, 1.807) is 23.1 Å². The summed E-state index contributed by atoms with van der Waals surface area (Å²) in [5, 5.41) is 0.587. The van der Waals surface area contributed by atoms with Crippen molar-refractivity contribution >= 4 is 39.2 Å². The van der Waals surface area contributed by atoms with Gasteiger partial charge in [0.25, 0.3) is 5.56 Å². The zero-order valence-electron chi connectivity index (χ0n) is 16.9. The summed E-state index contributed by atoms with van der Waals surface area (Å²) in [4.78, 5) is 36.9. The number of thioether (sulfide) groups is 1. The van der Waals surface area contributed by atoms with Crippen LogP contribution in [0.15, 0.2) is 4.79 Å². The van der Waals surface area contributed by atoms with E-state index in [2.05, 4.69) is 14.9 Å². The third kappa shape index (κ3) is 3.88. The van der Waals surface area contributed by atoms with Crippen molar-refractivity contribution in [2.75, 3.05) is 13.1 Å². The number of fused-ring (bicyclic) bond motifs is 2. The predicted octanol–water partition coefficient (Wildman–Crippen LogP) is 4.26. The quantitative estimate of drug-likeness (QED) is 0.804. The molecule has 2 fully saturated rings. The van der Waals surface area contributed by atoms with Gasteiger partial charge in [-0.15, -0.1) is 23.1 Å². The Bertz CT molecular complexity index is 936. The highest BCUT2D eigenvalue weighted by atomic mass is 32.2. The highest BCUT2D eigenvalue weighted by molar-refractivity contribution is 7.99.